The Bertz CT molecular complexity index is 647. The van der Waals surface area contributed by atoms with E-state index >= 15 is 0 Å². The summed E-state index contributed by atoms with van der Waals surface area (Å²) >= 11 is 11.8. The summed E-state index contributed by atoms with van der Waals surface area (Å²) in [5, 5.41) is 3.46. The third kappa shape index (κ3) is 4.34. The number of anilines is 1. The van der Waals surface area contributed by atoms with Crippen LogP contribution in [0.5, 0.6) is 5.75 Å². The molecule has 2 aromatic carbocycles. The highest BCUT2D eigenvalue weighted by atomic mass is 35.5. The number of nitrogens with one attached hydrogen (secondary N) is 1. The van der Waals surface area contributed by atoms with E-state index in [-0.39, 0.29) is 11.7 Å². The molecule has 0 spiro atoms. The lowest BCUT2D eigenvalue weighted by Crippen LogP contribution is -2.30. The standard InChI is InChI=1S/C15H12Cl2FNO2/c1-9(21-12-5-3-11(18)4-6-12)15(20)19-14-8-10(16)2-7-13(14)17/h2-9H,1H3,(H,19,20)/t9-/m0/s1. The van der Waals surface area contributed by atoms with Gasteiger partial charge in [0.25, 0.3) is 5.91 Å². The Morgan fingerprint density at radius 2 is 1.86 bits per heavy atom. The SMILES string of the molecule is C[C@H](Oc1ccc(F)cc1)C(=O)Nc1cc(Cl)ccc1Cl. The van der Waals surface area contributed by atoms with Gasteiger partial charge in [-0.25, -0.2) is 4.39 Å². The molecule has 0 saturated heterocycles. The van der Waals surface area contributed by atoms with Crippen molar-refractivity contribution in [3.63, 3.8) is 0 Å². The van der Waals surface area contributed by atoms with E-state index in [1.54, 1.807) is 25.1 Å². The summed E-state index contributed by atoms with van der Waals surface area (Å²) in [7, 11) is 0. The molecule has 3 nitrogen and oxygen atoms in total. The Balaban J connectivity index is 2.02. The summed E-state index contributed by atoms with van der Waals surface area (Å²) in [5.74, 6) is -0.357. The molecule has 0 fully saturated rings. The molecule has 6 heteroatoms. The monoisotopic (exact) mass is 327 g/mol. The quantitative estimate of drug-likeness (QED) is 0.895. The van der Waals surface area contributed by atoms with Crippen molar-refractivity contribution in [1.82, 2.24) is 0 Å². The molecule has 0 aliphatic carbocycles. The number of rotatable bonds is 4. The number of halogens is 3. The highest BCUT2D eigenvalue weighted by Crippen LogP contribution is 2.25. The first-order valence-electron chi connectivity index (χ1n) is 6.14. The zero-order chi connectivity index (χ0) is 15.4. The van der Waals surface area contributed by atoms with E-state index in [2.05, 4.69) is 5.32 Å². The minimum Gasteiger partial charge on any atom is -0.481 e. The molecule has 1 N–H and O–H groups in total. The molecule has 2 rings (SSSR count). The fourth-order valence-corrected chi connectivity index (χ4v) is 1.94. The fraction of sp³-hybridized carbons (Fsp3) is 0.133. The fourth-order valence-electron chi connectivity index (χ4n) is 1.60. The van der Waals surface area contributed by atoms with Gasteiger partial charge in [0.05, 0.1) is 10.7 Å². The van der Waals surface area contributed by atoms with Crippen molar-refractivity contribution in [2.24, 2.45) is 0 Å². The first-order valence-corrected chi connectivity index (χ1v) is 6.89. The molecular weight excluding hydrogens is 316 g/mol. The van der Waals surface area contributed by atoms with Crippen LogP contribution in [-0.2, 0) is 4.79 Å². The third-order valence-corrected chi connectivity index (χ3v) is 3.25. The van der Waals surface area contributed by atoms with Crippen molar-refractivity contribution in [2.45, 2.75) is 13.0 Å². The van der Waals surface area contributed by atoms with Crippen molar-refractivity contribution >= 4 is 34.8 Å². The third-order valence-electron chi connectivity index (χ3n) is 2.68. The molecule has 2 aromatic rings. The lowest BCUT2D eigenvalue weighted by atomic mass is 10.3. The van der Waals surface area contributed by atoms with E-state index in [9.17, 15) is 9.18 Å². The van der Waals surface area contributed by atoms with E-state index < -0.39 is 6.10 Å². The van der Waals surface area contributed by atoms with Crippen LogP contribution >= 0.6 is 23.2 Å². The Morgan fingerprint density at radius 3 is 2.52 bits per heavy atom. The van der Waals surface area contributed by atoms with Crippen LogP contribution in [0.4, 0.5) is 10.1 Å². The van der Waals surface area contributed by atoms with Gasteiger partial charge in [-0.05, 0) is 49.4 Å². The number of hydrogen-bond acceptors (Lipinski definition) is 2. The van der Waals surface area contributed by atoms with E-state index in [1.165, 1.54) is 24.3 Å². The first kappa shape index (κ1) is 15.6. The maximum atomic E-state index is 12.8. The number of carbonyl (C=O) groups excluding carboxylic acids is 1. The van der Waals surface area contributed by atoms with E-state index in [0.29, 0.717) is 21.5 Å². The van der Waals surface area contributed by atoms with Gasteiger partial charge >= 0.3 is 0 Å². The van der Waals surface area contributed by atoms with E-state index in [0.717, 1.165) is 0 Å². The van der Waals surface area contributed by atoms with Crippen LogP contribution in [0.3, 0.4) is 0 Å². The molecule has 110 valence electrons. The Labute approximate surface area is 131 Å². The van der Waals surface area contributed by atoms with Crippen molar-refractivity contribution in [1.29, 1.82) is 0 Å². The molecule has 21 heavy (non-hydrogen) atoms. The van der Waals surface area contributed by atoms with Crippen LogP contribution in [0.25, 0.3) is 0 Å². The van der Waals surface area contributed by atoms with Gasteiger partial charge < -0.3 is 10.1 Å². The Kier molecular flexibility index (Phi) is 5.04. The average molecular weight is 328 g/mol. The highest BCUT2D eigenvalue weighted by Gasteiger charge is 2.16. The number of hydrogen-bond donors (Lipinski definition) is 1. The number of benzene rings is 2. The van der Waals surface area contributed by atoms with E-state index in [1.807, 2.05) is 0 Å². The summed E-state index contributed by atoms with van der Waals surface area (Å²) < 4.78 is 18.2. The topological polar surface area (TPSA) is 38.3 Å². The second-order valence-electron chi connectivity index (χ2n) is 4.33. The van der Waals surface area contributed by atoms with Crippen LogP contribution in [-0.4, -0.2) is 12.0 Å². The molecule has 0 aromatic heterocycles. The lowest BCUT2D eigenvalue weighted by molar-refractivity contribution is -0.122. The minimum atomic E-state index is -0.773. The van der Waals surface area contributed by atoms with Gasteiger partial charge in [-0.15, -0.1) is 0 Å². The number of amides is 1. The number of carbonyl (C=O) groups is 1. The summed E-state index contributed by atoms with van der Waals surface area (Å²) in [4.78, 5) is 12.0. The van der Waals surface area contributed by atoms with Crippen molar-refractivity contribution < 1.29 is 13.9 Å². The van der Waals surface area contributed by atoms with Crippen molar-refractivity contribution in [3.8, 4) is 5.75 Å². The van der Waals surface area contributed by atoms with Gasteiger partial charge in [-0.1, -0.05) is 23.2 Å². The second kappa shape index (κ2) is 6.78. The predicted octanol–water partition coefficient (Wildman–Crippen LogP) is 4.54. The minimum absolute atomic E-state index is 0.370. The van der Waals surface area contributed by atoms with Gasteiger partial charge in [-0.2, -0.15) is 0 Å². The summed E-state index contributed by atoms with van der Waals surface area (Å²) in [5.41, 5.74) is 0.406. The Morgan fingerprint density at radius 1 is 1.19 bits per heavy atom. The molecule has 0 radical (unpaired) electrons. The van der Waals surface area contributed by atoms with Crippen molar-refractivity contribution in [2.75, 3.05) is 5.32 Å². The maximum absolute atomic E-state index is 12.8. The molecular formula is C15H12Cl2FNO2. The molecule has 0 aliphatic heterocycles. The van der Waals surface area contributed by atoms with Crippen LogP contribution in [0, 0.1) is 5.82 Å². The summed E-state index contributed by atoms with van der Waals surface area (Å²) in [6, 6.07) is 10.2. The van der Waals surface area contributed by atoms with Crippen LogP contribution in [0.15, 0.2) is 42.5 Å². The van der Waals surface area contributed by atoms with Crippen LogP contribution in [0.1, 0.15) is 6.92 Å². The Hall–Kier alpha value is -1.78. The van der Waals surface area contributed by atoms with Gasteiger partial charge in [0, 0.05) is 5.02 Å². The summed E-state index contributed by atoms with van der Waals surface area (Å²) in [6.07, 6.45) is -0.773. The normalized spacial score (nSPS) is 11.8. The molecule has 0 aliphatic rings. The molecule has 0 saturated carbocycles. The zero-order valence-corrected chi connectivity index (χ0v) is 12.6. The van der Waals surface area contributed by atoms with Gasteiger partial charge in [0.15, 0.2) is 6.10 Å². The van der Waals surface area contributed by atoms with Gasteiger partial charge in [0.1, 0.15) is 11.6 Å². The predicted molar refractivity (Wildman–Crippen MR) is 81.6 cm³/mol. The second-order valence-corrected chi connectivity index (χ2v) is 5.17. The van der Waals surface area contributed by atoms with Crippen LogP contribution < -0.4 is 10.1 Å². The lowest BCUT2D eigenvalue weighted by Gasteiger charge is -2.15. The molecule has 0 bridgehead atoms. The van der Waals surface area contributed by atoms with Crippen molar-refractivity contribution in [3.05, 3.63) is 58.3 Å². The van der Waals surface area contributed by atoms with E-state index in [4.69, 9.17) is 27.9 Å². The average Bonchev–Trinajstić information content (AvgIpc) is 2.45. The van der Waals surface area contributed by atoms with Gasteiger partial charge in [0.2, 0.25) is 0 Å². The highest BCUT2D eigenvalue weighted by molar-refractivity contribution is 6.35. The molecule has 1 atom stereocenters. The largest absolute Gasteiger partial charge is 0.481 e. The molecule has 0 heterocycles. The zero-order valence-electron chi connectivity index (χ0n) is 11.1. The first-order chi connectivity index (χ1) is 9.95. The molecule has 0 unspecified atom stereocenters. The van der Waals surface area contributed by atoms with Gasteiger partial charge in [-0.3, -0.25) is 4.79 Å². The molecule has 1 amide bonds. The summed E-state index contributed by atoms with van der Waals surface area (Å²) in [6.45, 7) is 1.58. The smallest absolute Gasteiger partial charge is 0.265 e. The number of ether oxygens (including phenoxy) is 1. The maximum Gasteiger partial charge on any atom is 0.265 e. The van der Waals surface area contributed by atoms with Crippen LogP contribution in [0.2, 0.25) is 10.0 Å².